The molecule has 1 saturated heterocycles. The summed E-state index contributed by atoms with van der Waals surface area (Å²) in [6.07, 6.45) is -0.184. The molecule has 1 aliphatic carbocycles. The lowest BCUT2D eigenvalue weighted by Crippen LogP contribution is -2.62. The first-order valence-corrected chi connectivity index (χ1v) is 10.0. The Kier molecular flexibility index (Phi) is 5.66. The van der Waals surface area contributed by atoms with Crippen LogP contribution in [-0.2, 0) is 18.9 Å². The van der Waals surface area contributed by atoms with Gasteiger partial charge in [0.2, 0.25) is 0 Å². The third kappa shape index (κ3) is 4.25. The van der Waals surface area contributed by atoms with Gasteiger partial charge in [0.05, 0.1) is 17.7 Å². The summed E-state index contributed by atoms with van der Waals surface area (Å²) >= 11 is 0. The average Bonchev–Trinajstić information content (AvgIpc) is 3.11. The zero-order chi connectivity index (χ0) is 22.1. The van der Waals surface area contributed by atoms with Gasteiger partial charge in [-0.15, -0.1) is 0 Å². The maximum atomic E-state index is 12.6. The van der Waals surface area contributed by atoms with E-state index in [2.05, 4.69) is 0 Å². The van der Waals surface area contributed by atoms with Crippen molar-refractivity contribution in [3.63, 3.8) is 0 Å². The first-order valence-electron chi connectivity index (χ1n) is 10.0. The highest BCUT2D eigenvalue weighted by molar-refractivity contribution is 5.90. The fourth-order valence-electron chi connectivity index (χ4n) is 3.78. The fourth-order valence-corrected chi connectivity index (χ4v) is 3.78. The molecule has 1 heterocycles. The third-order valence-electron chi connectivity index (χ3n) is 5.35. The number of carbonyl (C=O) groups is 2. The Labute approximate surface area is 180 Å². The van der Waals surface area contributed by atoms with Crippen molar-refractivity contribution in [1.29, 1.82) is 0 Å². The second-order valence-corrected chi connectivity index (χ2v) is 8.00. The molecule has 0 bridgehead atoms. The van der Waals surface area contributed by atoms with Crippen LogP contribution < -0.4 is 0 Å². The first kappa shape index (κ1) is 21.2. The van der Waals surface area contributed by atoms with Gasteiger partial charge in [-0.2, -0.15) is 0 Å². The Balaban J connectivity index is 1.59. The van der Waals surface area contributed by atoms with Crippen LogP contribution in [0.4, 0.5) is 0 Å². The second kappa shape index (κ2) is 8.26. The van der Waals surface area contributed by atoms with Gasteiger partial charge in [-0.1, -0.05) is 36.4 Å². The van der Waals surface area contributed by atoms with Gasteiger partial charge < -0.3 is 24.1 Å². The third-order valence-corrected chi connectivity index (χ3v) is 5.35. The summed E-state index contributed by atoms with van der Waals surface area (Å²) in [5.74, 6) is -2.16. The lowest BCUT2D eigenvalue weighted by Gasteiger charge is -2.42. The predicted molar refractivity (Wildman–Crippen MR) is 110 cm³/mol. The van der Waals surface area contributed by atoms with E-state index in [4.69, 9.17) is 18.9 Å². The Hall–Kier alpha value is -3.00. The lowest BCUT2D eigenvalue weighted by atomic mass is 9.82. The molecule has 4 rings (SSSR count). The summed E-state index contributed by atoms with van der Waals surface area (Å²) in [6, 6.07) is 17.0. The van der Waals surface area contributed by atoms with E-state index in [-0.39, 0.29) is 6.61 Å². The molecule has 4 atom stereocenters. The predicted octanol–water partition coefficient (Wildman–Crippen LogP) is 2.89. The number of esters is 2. The van der Waals surface area contributed by atoms with Gasteiger partial charge in [0.25, 0.3) is 0 Å². The number of hydrogen-bond donors (Lipinski definition) is 1. The van der Waals surface area contributed by atoms with Gasteiger partial charge >= 0.3 is 11.9 Å². The number of rotatable bonds is 4. The summed E-state index contributed by atoms with van der Waals surface area (Å²) in [6.45, 7) is 3.36. The highest BCUT2D eigenvalue weighted by Gasteiger charge is 2.60. The number of ether oxygens (including phenoxy) is 4. The van der Waals surface area contributed by atoms with E-state index in [0.717, 1.165) is 0 Å². The molecule has 1 spiro atoms. The standard InChI is InChI=1S/C24H24O7/c1-23(2)28-15-24(31-23)19(30-22(27)17-11-7-4-8-12-17)14-13-18(20(24)25)29-21(26)16-9-5-3-6-10-16/h3-14,18-20,25H,15H2,1-2H3. The van der Waals surface area contributed by atoms with Crippen LogP contribution in [0.1, 0.15) is 34.6 Å². The van der Waals surface area contributed by atoms with Gasteiger partial charge in [0.1, 0.15) is 12.2 Å². The van der Waals surface area contributed by atoms with E-state index in [9.17, 15) is 14.7 Å². The molecule has 2 aromatic carbocycles. The largest absolute Gasteiger partial charge is 0.452 e. The van der Waals surface area contributed by atoms with Crippen molar-refractivity contribution in [3.05, 3.63) is 83.9 Å². The van der Waals surface area contributed by atoms with E-state index in [1.165, 1.54) is 6.08 Å². The Morgan fingerprint density at radius 3 is 1.97 bits per heavy atom. The van der Waals surface area contributed by atoms with Gasteiger partial charge in [-0.3, -0.25) is 0 Å². The molecule has 31 heavy (non-hydrogen) atoms. The summed E-state index contributed by atoms with van der Waals surface area (Å²) in [4.78, 5) is 25.2. The normalized spacial score (nSPS) is 28.9. The van der Waals surface area contributed by atoms with E-state index in [1.807, 2.05) is 0 Å². The molecule has 1 aliphatic heterocycles. The monoisotopic (exact) mass is 424 g/mol. The quantitative estimate of drug-likeness (QED) is 0.596. The van der Waals surface area contributed by atoms with Crippen LogP contribution in [0.3, 0.4) is 0 Å². The van der Waals surface area contributed by atoms with Gasteiger partial charge in [-0.25, -0.2) is 9.59 Å². The van der Waals surface area contributed by atoms with Crippen LogP contribution in [0, 0.1) is 0 Å². The summed E-state index contributed by atoms with van der Waals surface area (Å²) < 4.78 is 23.0. The number of hydrogen-bond acceptors (Lipinski definition) is 7. The van der Waals surface area contributed by atoms with Gasteiger partial charge in [0.15, 0.2) is 17.5 Å². The molecule has 0 aromatic heterocycles. The van der Waals surface area contributed by atoms with Crippen molar-refractivity contribution in [1.82, 2.24) is 0 Å². The molecule has 2 aromatic rings. The minimum atomic E-state index is -1.43. The maximum Gasteiger partial charge on any atom is 0.338 e. The molecule has 162 valence electrons. The van der Waals surface area contributed by atoms with Crippen molar-refractivity contribution < 1.29 is 33.6 Å². The number of aliphatic hydroxyl groups excluding tert-OH is 1. The highest BCUT2D eigenvalue weighted by Crippen LogP contribution is 2.42. The second-order valence-electron chi connectivity index (χ2n) is 8.00. The zero-order valence-corrected chi connectivity index (χ0v) is 17.3. The molecular weight excluding hydrogens is 400 g/mol. The SMILES string of the molecule is CC1(C)OCC2(O1)C(OC(=O)c1ccccc1)C=CC(OC(=O)c1ccccc1)C2O. The molecule has 7 nitrogen and oxygen atoms in total. The molecule has 0 radical (unpaired) electrons. The van der Waals surface area contributed by atoms with Crippen LogP contribution in [0.15, 0.2) is 72.8 Å². The molecule has 4 unspecified atom stereocenters. The molecular formula is C24H24O7. The molecule has 1 N–H and O–H groups in total. The van der Waals surface area contributed by atoms with Gasteiger partial charge in [-0.05, 0) is 50.3 Å². The van der Waals surface area contributed by atoms with E-state index >= 15 is 0 Å². The topological polar surface area (TPSA) is 91.3 Å². The van der Waals surface area contributed by atoms with Crippen molar-refractivity contribution in [2.24, 2.45) is 0 Å². The summed E-state index contributed by atoms with van der Waals surface area (Å²) in [5.41, 5.74) is -0.695. The molecule has 0 amide bonds. The van der Waals surface area contributed by atoms with E-state index in [0.29, 0.717) is 11.1 Å². The smallest absolute Gasteiger partial charge is 0.338 e. The maximum absolute atomic E-state index is 12.6. The van der Waals surface area contributed by atoms with Crippen LogP contribution >= 0.6 is 0 Å². The minimum Gasteiger partial charge on any atom is -0.452 e. The number of carbonyl (C=O) groups excluding carboxylic acids is 2. The molecule has 0 saturated carbocycles. The first-order chi connectivity index (χ1) is 14.8. The van der Waals surface area contributed by atoms with Crippen LogP contribution in [0.25, 0.3) is 0 Å². The van der Waals surface area contributed by atoms with E-state index in [1.54, 1.807) is 80.6 Å². The molecule has 7 heteroatoms. The van der Waals surface area contributed by atoms with Gasteiger partial charge in [0, 0.05) is 0 Å². The van der Waals surface area contributed by atoms with Crippen LogP contribution in [-0.4, -0.2) is 53.4 Å². The fraction of sp³-hybridized carbons (Fsp3) is 0.333. The summed E-state index contributed by atoms with van der Waals surface area (Å²) in [7, 11) is 0. The van der Waals surface area contributed by atoms with Crippen LogP contribution in [0.5, 0.6) is 0 Å². The minimum absolute atomic E-state index is 0.0440. The van der Waals surface area contributed by atoms with Crippen molar-refractivity contribution in [2.45, 2.75) is 43.5 Å². The number of benzene rings is 2. The Bertz CT molecular complexity index is 970. The highest BCUT2D eigenvalue weighted by atomic mass is 16.8. The van der Waals surface area contributed by atoms with Crippen molar-refractivity contribution in [3.8, 4) is 0 Å². The zero-order valence-electron chi connectivity index (χ0n) is 17.3. The average molecular weight is 424 g/mol. The van der Waals surface area contributed by atoms with Crippen molar-refractivity contribution >= 4 is 11.9 Å². The summed E-state index contributed by atoms with van der Waals surface area (Å²) in [5, 5.41) is 11.2. The Morgan fingerprint density at radius 1 is 0.903 bits per heavy atom. The molecule has 2 aliphatic rings. The Morgan fingerprint density at radius 2 is 1.45 bits per heavy atom. The number of aliphatic hydroxyl groups is 1. The van der Waals surface area contributed by atoms with Crippen LogP contribution in [0.2, 0.25) is 0 Å². The molecule has 1 fully saturated rings. The van der Waals surface area contributed by atoms with Crippen molar-refractivity contribution in [2.75, 3.05) is 6.61 Å². The lowest BCUT2D eigenvalue weighted by molar-refractivity contribution is -0.220. The van der Waals surface area contributed by atoms with E-state index < -0.39 is 41.6 Å².